The Morgan fingerprint density at radius 2 is 1.68 bits per heavy atom. The zero-order valence-corrected chi connectivity index (χ0v) is 20.7. The number of hydrazone groups is 1. The molecular weight excluding hydrogens is 540 g/mol. The lowest BCUT2D eigenvalue weighted by Gasteiger charge is -2.16. The summed E-state index contributed by atoms with van der Waals surface area (Å²) in [5.74, 6) is -0.490. The molecule has 3 aromatic carbocycles. The number of nitrogens with one attached hydrogen (secondary N) is 1. The van der Waals surface area contributed by atoms with Gasteiger partial charge in [0.05, 0.1) is 30.5 Å². The Morgan fingerprint density at radius 3 is 2.24 bits per heavy atom. The largest absolute Gasteiger partial charge is 0.573 e. The molecule has 0 aliphatic heterocycles. The summed E-state index contributed by atoms with van der Waals surface area (Å²) in [7, 11) is 2.80. The van der Waals surface area contributed by atoms with Crippen LogP contribution in [0, 0.1) is 0 Å². The molecule has 0 fully saturated rings. The average Bonchev–Trinajstić information content (AvgIpc) is 2.84. The van der Waals surface area contributed by atoms with Gasteiger partial charge in [-0.25, -0.2) is 5.43 Å². The van der Waals surface area contributed by atoms with Crippen molar-refractivity contribution in [3.63, 3.8) is 0 Å². The van der Waals surface area contributed by atoms with Gasteiger partial charge < -0.3 is 24.1 Å². The number of phenolic OH excluding ortho intramolecular Hbond substituents is 1. The first kappa shape index (κ1) is 27.8. The lowest BCUT2D eigenvalue weighted by Crippen LogP contribution is -2.17. The van der Waals surface area contributed by atoms with E-state index in [1.807, 2.05) is 0 Å². The van der Waals surface area contributed by atoms with Crippen LogP contribution in [0.2, 0.25) is 10.0 Å². The SMILES string of the molecule is COc1cc(/C=N/NC(=O)c2ccc(O)c(Cl)c2)cc(OC)c1OCc1ccc(OC(F)(F)F)c(Cl)c1. The van der Waals surface area contributed by atoms with E-state index in [0.29, 0.717) is 11.1 Å². The quantitative estimate of drug-likeness (QED) is 0.248. The van der Waals surface area contributed by atoms with Gasteiger partial charge in [-0.15, -0.1) is 13.2 Å². The first-order chi connectivity index (χ1) is 17.5. The van der Waals surface area contributed by atoms with Crippen molar-refractivity contribution in [1.29, 1.82) is 0 Å². The Kier molecular flexibility index (Phi) is 8.95. The number of ether oxygens (including phenoxy) is 4. The van der Waals surface area contributed by atoms with Crippen LogP contribution in [-0.4, -0.2) is 37.8 Å². The molecule has 0 radical (unpaired) electrons. The number of hydrogen-bond acceptors (Lipinski definition) is 7. The van der Waals surface area contributed by atoms with Crippen molar-refractivity contribution in [2.24, 2.45) is 5.10 Å². The van der Waals surface area contributed by atoms with Gasteiger partial charge in [0.2, 0.25) is 5.75 Å². The summed E-state index contributed by atoms with van der Waals surface area (Å²) in [4.78, 5) is 12.2. The number of methoxy groups -OCH3 is 2. The van der Waals surface area contributed by atoms with Crippen LogP contribution in [0.3, 0.4) is 0 Å². The number of benzene rings is 3. The highest BCUT2D eigenvalue weighted by molar-refractivity contribution is 6.32. The summed E-state index contributed by atoms with van der Waals surface area (Å²) in [6.45, 7) is -0.0720. The second kappa shape index (κ2) is 11.9. The average molecular weight is 559 g/mol. The minimum atomic E-state index is -4.87. The molecule has 196 valence electrons. The Bertz CT molecular complexity index is 1290. The molecule has 0 saturated heterocycles. The number of nitrogens with zero attached hydrogens (tertiary/aromatic N) is 1. The van der Waals surface area contributed by atoms with Crippen molar-refractivity contribution in [3.8, 4) is 28.7 Å². The monoisotopic (exact) mass is 558 g/mol. The number of halogens is 5. The molecular formula is C24H19Cl2F3N2O6. The summed E-state index contributed by atoms with van der Waals surface area (Å²) >= 11 is 11.7. The van der Waals surface area contributed by atoms with Crippen molar-refractivity contribution >= 4 is 35.3 Å². The summed E-state index contributed by atoms with van der Waals surface area (Å²) in [5, 5.41) is 13.1. The summed E-state index contributed by atoms with van der Waals surface area (Å²) in [5.41, 5.74) is 3.48. The third kappa shape index (κ3) is 7.58. The second-order valence-electron chi connectivity index (χ2n) is 7.22. The number of rotatable bonds is 9. The van der Waals surface area contributed by atoms with Crippen LogP contribution in [0.15, 0.2) is 53.6 Å². The molecule has 0 aromatic heterocycles. The van der Waals surface area contributed by atoms with Gasteiger partial charge in [-0.05, 0) is 48.0 Å². The van der Waals surface area contributed by atoms with Crippen molar-refractivity contribution in [3.05, 3.63) is 75.3 Å². The second-order valence-corrected chi connectivity index (χ2v) is 8.04. The number of alkyl halides is 3. The molecule has 2 N–H and O–H groups in total. The molecule has 0 aliphatic rings. The molecule has 3 rings (SSSR count). The fourth-order valence-electron chi connectivity index (χ4n) is 2.99. The maximum atomic E-state index is 12.4. The zero-order valence-electron chi connectivity index (χ0n) is 19.2. The third-order valence-electron chi connectivity index (χ3n) is 4.68. The highest BCUT2D eigenvalue weighted by Crippen LogP contribution is 2.39. The van der Waals surface area contributed by atoms with Gasteiger partial charge in [0.15, 0.2) is 11.5 Å². The lowest BCUT2D eigenvalue weighted by molar-refractivity contribution is -0.274. The van der Waals surface area contributed by atoms with Crippen LogP contribution >= 0.6 is 23.2 Å². The van der Waals surface area contributed by atoms with E-state index in [0.717, 1.165) is 6.07 Å². The van der Waals surface area contributed by atoms with Gasteiger partial charge in [-0.3, -0.25) is 4.79 Å². The van der Waals surface area contributed by atoms with E-state index in [1.54, 1.807) is 12.1 Å². The van der Waals surface area contributed by atoms with Crippen molar-refractivity contribution < 1.29 is 42.0 Å². The zero-order chi connectivity index (χ0) is 27.2. The third-order valence-corrected chi connectivity index (χ3v) is 5.28. The maximum Gasteiger partial charge on any atom is 0.573 e. The van der Waals surface area contributed by atoms with E-state index in [1.165, 1.54) is 50.8 Å². The molecule has 8 nitrogen and oxygen atoms in total. The minimum Gasteiger partial charge on any atom is -0.506 e. The summed E-state index contributed by atoms with van der Waals surface area (Å²) in [6.07, 6.45) is -3.52. The number of aromatic hydroxyl groups is 1. The highest BCUT2D eigenvalue weighted by Gasteiger charge is 2.32. The molecule has 0 bridgehead atoms. The lowest BCUT2D eigenvalue weighted by atomic mass is 10.2. The fraction of sp³-hybridized carbons (Fsp3) is 0.167. The number of carbonyl (C=O) groups is 1. The number of carbonyl (C=O) groups excluding carboxylic acids is 1. The minimum absolute atomic E-state index is 0.0227. The molecule has 3 aromatic rings. The van der Waals surface area contributed by atoms with E-state index in [9.17, 15) is 23.1 Å². The molecule has 0 saturated carbocycles. The predicted molar refractivity (Wildman–Crippen MR) is 130 cm³/mol. The van der Waals surface area contributed by atoms with Gasteiger partial charge in [0.25, 0.3) is 5.91 Å². The van der Waals surface area contributed by atoms with E-state index < -0.39 is 18.0 Å². The molecule has 0 spiro atoms. The van der Waals surface area contributed by atoms with E-state index in [-0.39, 0.29) is 45.2 Å². The molecule has 0 unspecified atom stereocenters. The van der Waals surface area contributed by atoms with Gasteiger partial charge >= 0.3 is 6.36 Å². The molecule has 1 amide bonds. The highest BCUT2D eigenvalue weighted by atomic mass is 35.5. The Morgan fingerprint density at radius 1 is 1.00 bits per heavy atom. The summed E-state index contributed by atoms with van der Waals surface area (Å²) in [6, 6.07) is 10.8. The number of phenols is 1. The Balaban J connectivity index is 1.72. The smallest absolute Gasteiger partial charge is 0.506 e. The fourth-order valence-corrected chi connectivity index (χ4v) is 3.41. The van der Waals surface area contributed by atoms with Gasteiger partial charge in [0.1, 0.15) is 18.1 Å². The standard InChI is InChI=1S/C24H19Cl2F3N2O6/c1-34-20-8-14(11-30-31-23(33)15-4-5-18(32)16(25)10-15)9-21(35-2)22(20)36-12-13-3-6-19(17(26)7-13)37-24(27,28)29/h3-11,32H,12H2,1-2H3,(H,31,33)/b30-11+. The van der Waals surface area contributed by atoms with Crippen LogP contribution in [-0.2, 0) is 6.61 Å². The van der Waals surface area contributed by atoms with Crippen LogP contribution in [0.1, 0.15) is 21.5 Å². The maximum absolute atomic E-state index is 12.4. The summed E-state index contributed by atoms with van der Waals surface area (Å²) < 4.78 is 57.7. The normalized spacial score (nSPS) is 11.3. The van der Waals surface area contributed by atoms with Crippen LogP contribution in [0.25, 0.3) is 0 Å². The predicted octanol–water partition coefficient (Wildman–Crippen LogP) is 5.96. The topological polar surface area (TPSA) is 98.6 Å². The van der Waals surface area contributed by atoms with Crippen molar-refractivity contribution in [1.82, 2.24) is 5.43 Å². The number of amides is 1. The van der Waals surface area contributed by atoms with Gasteiger partial charge in [-0.2, -0.15) is 5.10 Å². The molecule has 0 heterocycles. The van der Waals surface area contributed by atoms with Crippen LogP contribution in [0.5, 0.6) is 28.7 Å². The van der Waals surface area contributed by atoms with Gasteiger partial charge in [0, 0.05) is 11.1 Å². The van der Waals surface area contributed by atoms with Crippen LogP contribution < -0.4 is 24.4 Å². The Labute approximate surface area is 219 Å². The Hall–Kier alpha value is -3.83. The van der Waals surface area contributed by atoms with Gasteiger partial charge in [-0.1, -0.05) is 29.3 Å². The van der Waals surface area contributed by atoms with Crippen molar-refractivity contribution in [2.75, 3.05) is 14.2 Å². The van der Waals surface area contributed by atoms with E-state index >= 15 is 0 Å². The molecule has 0 aliphatic carbocycles. The molecule has 0 atom stereocenters. The number of hydrogen-bond donors (Lipinski definition) is 2. The first-order valence-electron chi connectivity index (χ1n) is 10.3. The molecule has 13 heteroatoms. The van der Waals surface area contributed by atoms with E-state index in [2.05, 4.69) is 15.3 Å². The first-order valence-corrected chi connectivity index (χ1v) is 11.0. The molecule has 37 heavy (non-hydrogen) atoms. The van der Waals surface area contributed by atoms with Crippen molar-refractivity contribution in [2.45, 2.75) is 13.0 Å². The van der Waals surface area contributed by atoms with Crippen LogP contribution in [0.4, 0.5) is 13.2 Å². The van der Waals surface area contributed by atoms with E-state index in [4.69, 9.17) is 37.4 Å².